The van der Waals surface area contributed by atoms with Crippen LogP contribution < -0.4 is 5.32 Å². The lowest BCUT2D eigenvalue weighted by Crippen LogP contribution is -2.49. The van der Waals surface area contributed by atoms with E-state index >= 15 is 0 Å². The van der Waals surface area contributed by atoms with Gasteiger partial charge >= 0.3 is 6.09 Å². The van der Waals surface area contributed by atoms with Gasteiger partial charge in [0.2, 0.25) is 0 Å². The molecule has 5 nitrogen and oxygen atoms in total. The fourth-order valence-electron chi connectivity index (χ4n) is 4.51. The lowest BCUT2D eigenvalue weighted by molar-refractivity contribution is 0.0751. The molecule has 1 N–H and O–H groups in total. The molecule has 1 fully saturated rings. The number of pyridine rings is 1. The standard InChI is InChI=1S/C24H22IN3O2.2ClH/c25-17-11-16(12-27-13-17)23-14-26-9-10-28(23)24(29)30-15-22-20-7-3-1-5-18(20)19-6-2-4-8-21(19)22;;/h1-8,11-13,22-23,26H,9-10,14-15H2;2*1H. The largest absolute Gasteiger partial charge is 0.448 e. The highest BCUT2D eigenvalue weighted by Gasteiger charge is 2.32. The maximum atomic E-state index is 13.1. The van der Waals surface area contributed by atoms with Gasteiger partial charge in [0, 0.05) is 41.5 Å². The molecule has 1 amide bonds. The number of hydrogen-bond donors (Lipinski definition) is 1. The summed E-state index contributed by atoms with van der Waals surface area (Å²) in [6.45, 7) is 2.42. The average molecular weight is 584 g/mol. The Labute approximate surface area is 213 Å². The van der Waals surface area contributed by atoms with Gasteiger partial charge in [-0.25, -0.2) is 4.79 Å². The normalized spacial score (nSPS) is 16.9. The first-order chi connectivity index (χ1) is 14.7. The zero-order valence-corrected chi connectivity index (χ0v) is 21.0. The van der Waals surface area contributed by atoms with Crippen LogP contribution in [0.2, 0.25) is 0 Å². The third-order valence-electron chi connectivity index (χ3n) is 5.92. The molecule has 5 rings (SSSR count). The Balaban J connectivity index is 0.00000144. The van der Waals surface area contributed by atoms with E-state index in [9.17, 15) is 4.79 Å². The lowest BCUT2D eigenvalue weighted by Gasteiger charge is -2.35. The molecule has 1 aliphatic carbocycles. The van der Waals surface area contributed by atoms with Gasteiger partial charge in [0.15, 0.2) is 0 Å². The molecule has 2 aromatic carbocycles. The van der Waals surface area contributed by atoms with Gasteiger partial charge in [-0.2, -0.15) is 0 Å². The maximum absolute atomic E-state index is 13.1. The highest BCUT2D eigenvalue weighted by molar-refractivity contribution is 14.1. The predicted molar refractivity (Wildman–Crippen MR) is 139 cm³/mol. The molecule has 1 saturated heterocycles. The van der Waals surface area contributed by atoms with Crippen LogP contribution in [0.3, 0.4) is 0 Å². The van der Waals surface area contributed by atoms with Crippen molar-refractivity contribution in [2.45, 2.75) is 12.0 Å². The fourth-order valence-corrected chi connectivity index (χ4v) is 5.03. The van der Waals surface area contributed by atoms with Crippen molar-refractivity contribution in [3.05, 3.63) is 87.3 Å². The summed E-state index contributed by atoms with van der Waals surface area (Å²) in [6, 6.07) is 18.8. The van der Waals surface area contributed by atoms with Gasteiger partial charge in [-0.05, 0) is 56.5 Å². The number of ether oxygens (including phenoxy) is 1. The van der Waals surface area contributed by atoms with Gasteiger partial charge in [0.05, 0.1) is 6.04 Å². The minimum Gasteiger partial charge on any atom is -0.448 e. The number of rotatable bonds is 3. The molecule has 0 saturated carbocycles. The van der Waals surface area contributed by atoms with Crippen LogP contribution in [0.15, 0.2) is 67.0 Å². The van der Waals surface area contributed by atoms with Crippen molar-refractivity contribution in [1.82, 2.24) is 15.2 Å². The number of nitrogens with one attached hydrogen (secondary N) is 1. The van der Waals surface area contributed by atoms with Gasteiger partial charge in [0.1, 0.15) is 6.61 Å². The summed E-state index contributed by atoms with van der Waals surface area (Å²) in [5.41, 5.74) is 5.95. The van der Waals surface area contributed by atoms with Crippen molar-refractivity contribution >= 4 is 53.5 Å². The van der Waals surface area contributed by atoms with Crippen LogP contribution in [0.1, 0.15) is 28.7 Å². The number of aromatic nitrogens is 1. The molecule has 32 heavy (non-hydrogen) atoms. The summed E-state index contributed by atoms with van der Waals surface area (Å²) in [7, 11) is 0. The van der Waals surface area contributed by atoms with Crippen LogP contribution in [0.25, 0.3) is 11.1 Å². The SMILES string of the molecule is Cl.Cl.O=C(OCC1c2ccccc2-c2ccccc21)N1CCNCC1c1cncc(I)c1. The zero-order valence-electron chi connectivity index (χ0n) is 17.2. The van der Waals surface area contributed by atoms with Crippen LogP contribution in [0, 0.1) is 3.57 Å². The summed E-state index contributed by atoms with van der Waals surface area (Å²) in [5, 5.41) is 3.38. The minimum atomic E-state index is -0.262. The van der Waals surface area contributed by atoms with E-state index in [2.05, 4.69) is 87.5 Å². The summed E-state index contributed by atoms with van der Waals surface area (Å²) >= 11 is 2.25. The van der Waals surface area contributed by atoms with Crippen molar-refractivity contribution in [2.24, 2.45) is 0 Å². The summed E-state index contributed by atoms with van der Waals surface area (Å²) < 4.78 is 6.96. The Kier molecular flexibility index (Phi) is 8.38. The van der Waals surface area contributed by atoms with E-state index in [1.165, 1.54) is 22.3 Å². The molecule has 0 spiro atoms. The van der Waals surface area contributed by atoms with Gasteiger partial charge in [-0.1, -0.05) is 48.5 Å². The van der Waals surface area contributed by atoms with E-state index in [0.717, 1.165) is 15.7 Å². The number of carbonyl (C=O) groups excluding carboxylic acids is 1. The number of hydrogen-bond acceptors (Lipinski definition) is 4. The van der Waals surface area contributed by atoms with Gasteiger partial charge < -0.3 is 10.1 Å². The quantitative estimate of drug-likeness (QED) is 0.418. The average Bonchev–Trinajstić information content (AvgIpc) is 3.11. The highest BCUT2D eigenvalue weighted by Crippen LogP contribution is 2.44. The monoisotopic (exact) mass is 583 g/mol. The van der Waals surface area contributed by atoms with E-state index in [0.29, 0.717) is 19.7 Å². The van der Waals surface area contributed by atoms with Gasteiger partial charge in [0.25, 0.3) is 0 Å². The molecule has 168 valence electrons. The Bertz CT molecular complexity index is 1050. The maximum Gasteiger partial charge on any atom is 0.410 e. The summed E-state index contributed by atoms with van der Waals surface area (Å²) in [4.78, 5) is 19.2. The first-order valence-corrected chi connectivity index (χ1v) is 11.2. The molecule has 8 heteroatoms. The third kappa shape index (κ3) is 4.73. The molecule has 0 bridgehead atoms. The topological polar surface area (TPSA) is 54.5 Å². The molecule has 2 aliphatic rings. The smallest absolute Gasteiger partial charge is 0.410 e. The van der Waals surface area contributed by atoms with Crippen molar-refractivity contribution in [3.8, 4) is 11.1 Å². The van der Waals surface area contributed by atoms with Crippen molar-refractivity contribution < 1.29 is 9.53 Å². The van der Waals surface area contributed by atoms with E-state index in [4.69, 9.17) is 4.74 Å². The minimum absolute atomic E-state index is 0. The summed E-state index contributed by atoms with van der Waals surface area (Å²) in [5.74, 6) is 0.0713. The first-order valence-electron chi connectivity index (χ1n) is 10.1. The Morgan fingerprint density at radius 2 is 1.72 bits per heavy atom. The molecule has 1 aliphatic heterocycles. The number of piperazine rings is 1. The van der Waals surface area contributed by atoms with Gasteiger partial charge in [-0.3, -0.25) is 9.88 Å². The summed E-state index contributed by atoms with van der Waals surface area (Å²) in [6.07, 6.45) is 3.39. The van der Waals surface area contributed by atoms with Crippen LogP contribution in [0.4, 0.5) is 4.79 Å². The van der Waals surface area contributed by atoms with Crippen LogP contribution >= 0.6 is 47.4 Å². The van der Waals surface area contributed by atoms with Crippen LogP contribution in [0.5, 0.6) is 0 Å². The zero-order chi connectivity index (χ0) is 20.5. The number of halogens is 3. The van der Waals surface area contributed by atoms with E-state index in [1.807, 2.05) is 17.3 Å². The van der Waals surface area contributed by atoms with Crippen molar-refractivity contribution in [3.63, 3.8) is 0 Å². The third-order valence-corrected chi connectivity index (χ3v) is 6.51. The second kappa shape index (κ2) is 10.8. The number of fused-ring (bicyclic) bond motifs is 3. The molecule has 1 unspecified atom stereocenters. The molecule has 2 heterocycles. The fraction of sp³-hybridized carbons (Fsp3) is 0.250. The number of amides is 1. The Hall–Kier alpha value is -1.87. The van der Waals surface area contributed by atoms with E-state index in [-0.39, 0.29) is 42.9 Å². The number of benzene rings is 2. The second-order valence-electron chi connectivity index (χ2n) is 7.65. The number of nitrogens with zero attached hydrogens (tertiary/aromatic N) is 2. The van der Waals surface area contributed by atoms with Crippen molar-refractivity contribution in [1.29, 1.82) is 0 Å². The van der Waals surface area contributed by atoms with E-state index in [1.54, 1.807) is 0 Å². The molecule has 0 radical (unpaired) electrons. The van der Waals surface area contributed by atoms with Crippen LogP contribution in [-0.2, 0) is 4.74 Å². The Morgan fingerprint density at radius 1 is 1.06 bits per heavy atom. The first kappa shape index (κ1) is 24.8. The molecule has 1 atom stereocenters. The van der Waals surface area contributed by atoms with Gasteiger partial charge in [-0.15, -0.1) is 24.8 Å². The lowest BCUT2D eigenvalue weighted by atomic mass is 9.98. The molecule has 1 aromatic heterocycles. The Morgan fingerprint density at radius 3 is 2.38 bits per heavy atom. The number of carbonyl (C=O) groups is 1. The van der Waals surface area contributed by atoms with Crippen LogP contribution in [-0.4, -0.2) is 42.2 Å². The molecular formula is C24H24Cl2IN3O2. The predicted octanol–water partition coefficient (Wildman–Crippen LogP) is 5.43. The molecular weight excluding hydrogens is 560 g/mol. The van der Waals surface area contributed by atoms with Crippen molar-refractivity contribution in [2.75, 3.05) is 26.2 Å². The van der Waals surface area contributed by atoms with E-state index < -0.39 is 0 Å². The molecule has 3 aromatic rings. The second-order valence-corrected chi connectivity index (χ2v) is 8.90. The highest BCUT2D eigenvalue weighted by atomic mass is 127.